The SMILES string of the molecule is Cn1cc(S(=O)(=O)N2CCCC2(C)C(=O)O)cn1. The van der Waals surface area contributed by atoms with E-state index in [4.69, 9.17) is 0 Å². The molecule has 2 heterocycles. The lowest BCUT2D eigenvalue weighted by Crippen LogP contribution is -2.50. The smallest absolute Gasteiger partial charge is 0.324 e. The molecule has 1 unspecified atom stereocenters. The Morgan fingerprint density at radius 1 is 1.56 bits per heavy atom. The molecule has 1 fully saturated rings. The molecule has 0 saturated carbocycles. The van der Waals surface area contributed by atoms with Crippen molar-refractivity contribution < 1.29 is 18.3 Å². The van der Waals surface area contributed by atoms with Crippen LogP contribution in [0.15, 0.2) is 17.3 Å². The average molecular weight is 273 g/mol. The summed E-state index contributed by atoms with van der Waals surface area (Å²) in [5, 5.41) is 13.0. The number of carboxylic acids is 1. The number of carboxylic acid groups (broad SMARTS) is 1. The first kappa shape index (κ1) is 13.0. The summed E-state index contributed by atoms with van der Waals surface area (Å²) in [6, 6.07) is 0. The molecule has 1 aromatic rings. The van der Waals surface area contributed by atoms with E-state index in [-0.39, 0.29) is 11.4 Å². The van der Waals surface area contributed by atoms with E-state index >= 15 is 0 Å². The Balaban J connectivity index is 2.45. The maximum absolute atomic E-state index is 12.4. The first-order chi connectivity index (χ1) is 8.28. The maximum atomic E-state index is 12.4. The van der Waals surface area contributed by atoms with Gasteiger partial charge in [-0.25, -0.2) is 8.42 Å². The first-order valence-corrected chi connectivity index (χ1v) is 6.97. The largest absolute Gasteiger partial charge is 0.480 e. The molecule has 1 aromatic heterocycles. The van der Waals surface area contributed by atoms with Crippen LogP contribution in [0, 0.1) is 0 Å². The Kier molecular flexibility index (Phi) is 2.94. The van der Waals surface area contributed by atoms with Crippen molar-refractivity contribution in [2.75, 3.05) is 6.54 Å². The van der Waals surface area contributed by atoms with Crippen LogP contribution in [0.5, 0.6) is 0 Å². The molecule has 0 radical (unpaired) electrons. The quantitative estimate of drug-likeness (QED) is 0.840. The lowest BCUT2D eigenvalue weighted by atomic mass is 10.0. The van der Waals surface area contributed by atoms with Gasteiger partial charge in [-0.2, -0.15) is 9.40 Å². The van der Waals surface area contributed by atoms with Crippen LogP contribution in [0.2, 0.25) is 0 Å². The molecule has 0 aliphatic carbocycles. The van der Waals surface area contributed by atoms with Gasteiger partial charge in [-0.1, -0.05) is 0 Å². The summed E-state index contributed by atoms with van der Waals surface area (Å²) in [6.45, 7) is 1.66. The fourth-order valence-electron chi connectivity index (χ4n) is 2.20. The fourth-order valence-corrected chi connectivity index (χ4v) is 3.99. The van der Waals surface area contributed by atoms with E-state index in [1.807, 2.05) is 0 Å². The molecule has 0 aromatic carbocycles. The van der Waals surface area contributed by atoms with Crippen molar-refractivity contribution in [3.63, 3.8) is 0 Å². The third-order valence-corrected chi connectivity index (χ3v) is 5.28. The Bertz CT molecular complexity index is 580. The fraction of sp³-hybridized carbons (Fsp3) is 0.600. The molecule has 7 nitrogen and oxygen atoms in total. The summed E-state index contributed by atoms with van der Waals surface area (Å²) in [4.78, 5) is 11.3. The van der Waals surface area contributed by atoms with E-state index in [0.717, 1.165) is 4.31 Å². The minimum Gasteiger partial charge on any atom is -0.480 e. The summed E-state index contributed by atoms with van der Waals surface area (Å²) in [7, 11) is -2.19. The van der Waals surface area contributed by atoms with Gasteiger partial charge in [-0.15, -0.1) is 0 Å². The molecule has 0 bridgehead atoms. The number of aromatic nitrogens is 2. The van der Waals surface area contributed by atoms with E-state index in [0.29, 0.717) is 12.8 Å². The highest BCUT2D eigenvalue weighted by Gasteiger charge is 2.50. The summed E-state index contributed by atoms with van der Waals surface area (Å²) >= 11 is 0. The molecule has 0 spiro atoms. The van der Waals surface area contributed by atoms with E-state index in [9.17, 15) is 18.3 Å². The second-order valence-electron chi connectivity index (χ2n) is 4.61. The van der Waals surface area contributed by atoms with E-state index in [1.165, 1.54) is 24.0 Å². The molecular weight excluding hydrogens is 258 g/mol. The number of aliphatic carboxylic acids is 1. The molecule has 100 valence electrons. The van der Waals surface area contributed by atoms with Gasteiger partial charge in [0.05, 0.1) is 6.20 Å². The van der Waals surface area contributed by atoms with Crippen molar-refractivity contribution in [1.29, 1.82) is 0 Å². The molecular formula is C10H15N3O4S. The minimum absolute atomic E-state index is 0.0272. The predicted molar refractivity (Wildman–Crippen MR) is 62.4 cm³/mol. The molecule has 8 heteroatoms. The van der Waals surface area contributed by atoms with E-state index in [1.54, 1.807) is 7.05 Å². The maximum Gasteiger partial charge on any atom is 0.324 e. The van der Waals surface area contributed by atoms with Crippen molar-refractivity contribution in [2.24, 2.45) is 7.05 Å². The van der Waals surface area contributed by atoms with Crippen LogP contribution >= 0.6 is 0 Å². The topological polar surface area (TPSA) is 92.5 Å². The molecule has 1 atom stereocenters. The van der Waals surface area contributed by atoms with Crippen LogP contribution in [0.3, 0.4) is 0 Å². The van der Waals surface area contributed by atoms with Crippen molar-refractivity contribution in [1.82, 2.24) is 14.1 Å². The van der Waals surface area contributed by atoms with Crippen LogP contribution in [0.1, 0.15) is 19.8 Å². The lowest BCUT2D eigenvalue weighted by Gasteiger charge is -2.29. The predicted octanol–water partition coefficient (Wildman–Crippen LogP) is 0.0479. The zero-order valence-electron chi connectivity index (χ0n) is 10.2. The molecule has 1 aliphatic heterocycles. The molecule has 1 N–H and O–H groups in total. The van der Waals surface area contributed by atoms with Gasteiger partial charge in [0, 0.05) is 19.8 Å². The van der Waals surface area contributed by atoms with Gasteiger partial charge in [0.25, 0.3) is 0 Å². The average Bonchev–Trinajstić information content (AvgIpc) is 2.85. The van der Waals surface area contributed by atoms with Gasteiger partial charge < -0.3 is 5.11 Å². The third-order valence-electron chi connectivity index (χ3n) is 3.31. The lowest BCUT2D eigenvalue weighted by molar-refractivity contribution is -0.146. The van der Waals surface area contributed by atoms with Gasteiger partial charge in [0.1, 0.15) is 10.4 Å². The number of rotatable bonds is 3. The monoisotopic (exact) mass is 273 g/mol. The highest BCUT2D eigenvalue weighted by Crippen LogP contribution is 2.34. The van der Waals surface area contributed by atoms with E-state index in [2.05, 4.69) is 5.10 Å². The second kappa shape index (κ2) is 4.06. The van der Waals surface area contributed by atoms with Crippen LogP contribution < -0.4 is 0 Å². The second-order valence-corrected chi connectivity index (χ2v) is 6.47. The number of hydrogen-bond acceptors (Lipinski definition) is 4. The van der Waals surface area contributed by atoms with Gasteiger partial charge in [0.2, 0.25) is 10.0 Å². The van der Waals surface area contributed by atoms with Crippen LogP contribution in [0.4, 0.5) is 0 Å². The Labute approximate surface area is 105 Å². The van der Waals surface area contributed by atoms with Crippen molar-refractivity contribution in [2.45, 2.75) is 30.2 Å². The van der Waals surface area contributed by atoms with Crippen LogP contribution in [-0.4, -0.2) is 45.7 Å². The number of nitrogens with zero attached hydrogens (tertiary/aromatic N) is 3. The number of aryl methyl sites for hydroxylation is 1. The van der Waals surface area contributed by atoms with Gasteiger partial charge >= 0.3 is 5.97 Å². The highest BCUT2D eigenvalue weighted by molar-refractivity contribution is 7.89. The van der Waals surface area contributed by atoms with Crippen molar-refractivity contribution in [3.8, 4) is 0 Å². The Morgan fingerprint density at radius 3 is 2.72 bits per heavy atom. The van der Waals surface area contributed by atoms with Gasteiger partial charge in [0.15, 0.2) is 0 Å². The summed E-state index contributed by atoms with van der Waals surface area (Å²) in [5.41, 5.74) is -1.37. The standard InChI is InChI=1S/C10H15N3O4S/c1-10(9(14)15)4-3-5-13(10)18(16,17)8-6-11-12(2)7-8/h6-7H,3-5H2,1-2H3,(H,14,15). The molecule has 0 amide bonds. The number of carbonyl (C=O) groups is 1. The minimum atomic E-state index is -3.80. The molecule has 1 aliphatic rings. The third kappa shape index (κ3) is 1.81. The summed E-state index contributed by atoms with van der Waals surface area (Å²) < 4.78 is 27.2. The van der Waals surface area contributed by atoms with Gasteiger partial charge in [-0.05, 0) is 19.8 Å². The summed E-state index contributed by atoms with van der Waals surface area (Å²) in [5.74, 6) is -1.12. The van der Waals surface area contributed by atoms with Crippen LogP contribution in [0.25, 0.3) is 0 Å². The molecule has 2 rings (SSSR count). The zero-order chi connectivity index (χ0) is 13.6. The van der Waals surface area contributed by atoms with Crippen LogP contribution in [-0.2, 0) is 21.9 Å². The summed E-state index contributed by atoms with van der Waals surface area (Å²) in [6.07, 6.45) is 3.47. The zero-order valence-corrected chi connectivity index (χ0v) is 11.0. The van der Waals surface area contributed by atoms with Crippen molar-refractivity contribution in [3.05, 3.63) is 12.4 Å². The van der Waals surface area contributed by atoms with Gasteiger partial charge in [-0.3, -0.25) is 9.48 Å². The van der Waals surface area contributed by atoms with E-state index < -0.39 is 21.5 Å². The molecule has 1 saturated heterocycles. The first-order valence-electron chi connectivity index (χ1n) is 5.53. The van der Waals surface area contributed by atoms with Crippen molar-refractivity contribution >= 4 is 16.0 Å². The number of hydrogen-bond donors (Lipinski definition) is 1. The molecule has 18 heavy (non-hydrogen) atoms. The highest BCUT2D eigenvalue weighted by atomic mass is 32.2. The number of sulfonamides is 1. The Morgan fingerprint density at radius 2 is 2.22 bits per heavy atom. The Hall–Kier alpha value is -1.41. The normalized spacial score (nSPS) is 25.4.